The zero-order chi connectivity index (χ0) is 16.6. The number of anilines is 1. The molecule has 1 aliphatic carbocycles. The Bertz CT molecular complexity index is 682. The van der Waals surface area contributed by atoms with Crippen LogP contribution in [-0.4, -0.2) is 29.2 Å². The van der Waals surface area contributed by atoms with E-state index in [4.69, 9.17) is 0 Å². The molecule has 1 heterocycles. The summed E-state index contributed by atoms with van der Waals surface area (Å²) in [5, 5.41) is 2.80. The third-order valence-electron chi connectivity index (χ3n) is 4.57. The topological polar surface area (TPSA) is 66.5 Å². The standard InChI is InChI=1S/C18H20N2O3/c1-11-7-8-12(2)15(9-11)19-16(21)10-20-17(22)13-5-3-4-6-14(13)18(20)23/h3-4,7-9,13-14H,5-6,10H2,1-2H3,(H,19,21)/t13-,14-/m0/s1. The number of aryl methyl sites for hydroxylation is 2. The van der Waals surface area contributed by atoms with Crippen LogP contribution in [0.3, 0.4) is 0 Å². The number of allylic oxidation sites excluding steroid dienone is 2. The second-order valence-electron chi connectivity index (χ2n) is 6.28. The summed E-state index contributed by atoms with van der Waals surface area (Å²) in [5.74, 6) is -1.37. The molecular weight excluding hydrogens is 292 g/mol. The molecule has 3 amide bonds. The highest BCUT2D eigenvalue weighted by molar-refractivity contribution is 6.08. The fraction of sp³-hybridized carbons (Fsp3) is 0.389. The second-order valence-corrected chi connectivity index (χ2v) is 6.28. The Kier molecular flexibility index (Phi) is 4.03. The Morgan fingerprint density at radius 2 is 1.74 bits per heavy atom. The minimum atomic E-state index is -0.341. The van der Waals surface area contributed by atoms with Gasteiger partial charge >= 0.3 is 0 Å². The maximum atomic E-state index is 12.4. The number of carbonyl (C=O) groups is 3. The van der Waals surface area contributed by atoms with Gasteiger partial charge in [0.2, 0.25) is 17.7 Å². The monoisotopic (exact) mass is 312 g/mol. The van der Waals surface area contributed by atoms with Crippen molar-refractivity contribution in [3.63, 3.8) is 0 Å². The average molecular weight is 312 g/mol. The predicted molar refractivity (Wildman–Crippen MR) is 86.6 cm³/mol. The van der Waals surface area contributed by atoms with E-state index in [0.717, 1.165) is 16.0 Å². The molecule has 23 heavy (non-hydrogen) atoms. The quantitative estimate of drug-likeness (QED) is 0.687. The summed E-state index contributed by atoms with van der Waals surface area (Å²) in [6, 6.07) is 5.78. The van der Waals surface area contributed by atoms with Crippen LogP contribution in [-0.2, 0) is 14.4 Å². The number of carbonyl (C=O) groups excluding carboxylic acids is 3. The number of hydrogen-bond donors (Lipinski definition) is 1. The molecule has 0 spiro atoms. The number of nitrogens with zero attached hydrogens (tertiary/aromatic N) is 1. The minimum absolute atomic E-state index is 0.210. The van der Waals surface area contributed by atoms with Gasteiger partial charge in [0.15, 0.2) is 0 Å². The molecule has 0 bridgehead atoms. The molecule has 3 rings (SSSR count). The van der Waals surface area contributed by atoms with Gasteiger partial charge in [0.05, 0.1) is 11.8 Å². The number of likely N-dealkylation sites (tertiary alicyclic amines) is 1. The van der Waals surface area contributed by atoms with Crippen molar-refractivity contribution in [1.82, 2.24) is 4.90 Å². The number of imide groups is 1. The molecule has 1 aromatic carbocycles. The van der Waals surface area contributed by atoms with Gasteiger partial charge in [-0.3, -0.25) is 19.3 Å². The highest BCUT2D eigenvalue weighted by Gasteiger charge is 2.47. The van der Waals surface area contributed by atoms with Gasteiger partial charge in [0, 0.05) is 5.69 Å². The Hall–Kier alpha value is -2.43. The molecule has 0 radical (unpaired) electrons. The van der Waals surface area contributed by atoms with Crippen molar-refractivity contribution < 1.29 is 14.4 Å². The largest absolute Gasteiger partial charge is 0.324 e. The van der Waals surface area contributed by atoms with Crippen LogP contribution in [0.2, 0.25) is 0 Å². The molecule has 1 N–H and O–H groups in total. The van der Waals surface area contributed by atoms with Gasteiger partial charge in [-0.1, -0.05) is 24.3 Å². The van der Waals surface area contributed by atoms with Crippen LogP contribution in [0.1, 0.15) is 24.0 Å². The van der Waals surface area contributed by atoms with Gasteiger partial charge in [0.1, 0.15) is 6.54 Å². The van der Waals surface area contributed by atoms with E-state index in [2.05, 4.69) is 5.32 Å². The SMILES string of the molecule is Cc1ccc(C)c(NC(=O)CN2C(=O)[C@H]3CC=CC[C@@H]3C2=O)c1. The lowest BCUT2D eigenvalue weighted by molar-refractivity contribution is -0.142. The number of amides is 3. The molecule has 5 nitrogen and oxygen atoms in total. The molecule has 1 fully saturated rings. The first-order valence-corrected chi connectivity index (χ1v) is 7.84. The highest BCUT2D eigenvalue weighted by Crippen LogP contribution is 2.34. The second kappa shape index (κ2) is 5.99. The lowest BCUT2D eigenvalue weighted by Crippen LogP contribution is -2.38. The van der Waals surface area contributed by atoms with Crippen LogP contribution in [0.25, 0.3) is 0 Å². The number of fused-ring (bicyclic) bond motifs is 1. The lowest BCUT2D eigenvalue weighted by atomic mass is 9.85. The van der Waals surface area contributed by atoms with Gasteiger partial charge in [-0.25, -0.2) is 0 Å². The molecule has 1 saturated heterocycles. The van der Waals surface area contributed by atoms with E-state index in [-0.39, 0.29) is 36.1 Å². The smallest absolute Gasteiger partial charge is 0.244 e. The Labute approximate surface area is 135 Å². The summed E-state index contributed by atoms with van der Waals surface area (Å²) >= 11 is 0. The summed E-state index contributed by atoms with van der Waals surface area (Å²) in [4.78, 5) is 38.1. The Balaban J connectivity index is 1.70. The average Bonchev–Trinajstić information content (AvgIpc) is 2.76. The van der Waals surface area contributed by atoms with Crippen molar-refractivity contribution >= 4 is 23.4 Å². The fourth-order valence-corrected chi connectivity index (χ4v) is 3.23. The Morgan fingerprint density at radius 3 is 2.35 bits per heavy atom. The van der Waals surface area contributed by atoms with E-state index in [1.807, 2.05) is 44.2 Å². The molecule has 120 valence electrons. The van der Waals surface area contributed by atoms with Crippen molar-refractivity contribution in [1.29, 1.82) is 0 Å². The minimum Gasteiger partial charge on any atom is -0.324 e. The third kappa shape index (κ3) is 2.91. The van der Waals surface area contributed by atoms with Crippen molar-refractivity contribution in [3.8, 4) is 0 Å². The summed E-state index contributed by atoms with van der Waals surface area (Å²) in [6.45, 7) is 3.64. The molecule has 5 heteroatoms. The first-order chi connectivity index (χ1) is 11.0. The number of nitrogens with one attached hydrogen (secondary N) is 1. The maximum Gasteiger partial charge on any atom is 0.244 e. The summed E-state index contributed by atoms with van der Waals surface area (Å²) in [6.07, 6.45) is 5.05. The molecule has 0 aromatic heterocycles. The molecule has 2 atom stereocenters. The molecule has 0 saturated carbocycles. The van der Waals surface area contributed by atoms with E-state index in [9.17, 15) is 14.4 Å². The first kappa shape index (κ1) is 15.5. The Morgan fingerprint density at radius 1 is 1.13 bits per heavy atom. The summed E-state index contributed by atoms with van der Waals surface area (Å²) < 4.78 is 0. The van der Waals surface area contributed by atoms with Crippen LogP contribution in [0, 0.1) is 25.7 Å². The van der Waals surface area contributed by atoms with Gasteiger partial charge < -0.3 is 5.32 Å². The maximum absolute atomic E-state index is 12.4. The zero-order valence-corrected chi connectivity index (χ0v) is 13.3. The van der Waals surface area contributed by atoms with Gasteiger partial charge in [-0.2, -0.15) is 0 Å². The predicted octanol–water partition coefficient (Wildman–Crippen LogP) is 2.19. The lowest BCUT2D eigenvalue weighted by Gasteiger charge is -2.15. The van der Waals surface area contributed by atoms with Gasteiger partial charge in [-0.15, -0.1) is 0 Å². The van der Waals surface area contributed by atoms with Crippen LogP contribution in [0.15, 0.2) is 30.4 Å². The number of benzene rings is 1. The van der Waals surface area contributed by atoms with E-state index in [1.165, 1.54) is 0 Å². The van der Waals surface area contributed by atoms with Crippen molar-refractivity contribution in [2.45, 2.75) is 26.7 Å². The number of hydrogen-bond acceptors (Lipinski definition) is 3. The zero-order valence-electron chi connectivity index (χ0n) is 13.3. The van der Waals surface area contributed by atoms with Crippen LogP contribution < -0.4 is 5.32 Å². The molecule has 0 unspecified atom stereocenters. The molecule has 2 aliphatic rings. The van der Waals surface area contributed by atoms with Crippen molar-refractivity contribution in [2.24, 2.45) is 11.8 Å². The van der Waals surface area contributed by atoms with E-state index >= 15 is 0 Å². The van der Waals surface area contributed by atoms with Crippen LogP contribution >= 0.6 is 0 Å². The van der Waals surface area contributed by atoms with Crippen LogP contribution in [0.5, 0.6) is 0 Å². The van der Waals surface area contributed by atoms with Crippen molar-refractivity contribution in [2.75, 3.05) is 11.9 Å². The molecule has 1 aliphatic heterocycles. The molecular formula is C18H20N2O3. The third-order valence-corrected chi connectivity index (χ3v) is 4.57. The van der Waals surface area contributed by atoms with E-state index in [1.54, 1.807) is 0 Å². The summed E-state index contributed by atoms with van der Waals surface area (Å²) in [5.41, 5.74) is 2.70. The fourth-order valence-electron chi connectivity index (χ4n) is 3.23. The van der Waals surface area contributed by atoms with Gasteiger partial charge in [0.25, 0.3) is 0 Å². The summed E-state index contributed by atoms with van der Waals surface area (Å²) in [7, 11) is 0. The highest BCUT2D eigenvalue weighted by atomic mass is 16.2. The number of rotatable bonds is 3. The van der Waals surface area contributed by atoms with Crippen molar-refractivity contribution in [3.05, 3.63) is 41.5 Å². The first-order valence-electron chi connectivity index (χ1n) is 7.84. The van der Waals surface area contributed by atoms with E-state index < -0.39 is 0 Å². The van der Waals surface area contributed by atoms with Crippen LogP contribution in [0.4, 0.5) is 5.69 Å². The molecule has 1 aromatic rings. The van der Waals surface area contributed by atoms with Gasteiger partial charge in [-0.05, 0) is 43.9 Å². The van der Waals surface area contributed by atoms with E-state index in [0.29, 0.717) is 18.5 Å². The normalized spacial score (nSPS) is 23.1.